The van der Waals surface area contributed by atoms with E-state index in [0.29, 0.717) is 19.3 Å². The van der Waals surface area contributed by atoms with Crippen molar-refractivity contribution in [1.29, 1.82) is 0 Å². The first kappa shape index (κ1) is 13.4. The molecule has 0 spiro atoms. The maximum absolute atomic E-state index is 9.91. The average molecular weight is 290 g/mol. The molecule has 0 bridgehead atoms. The van der Waals surface area contributed by atoms with Gasteiger partial charge in [-0.3, -0.25) is 4.90 Å². The molecule has 2 atom stereocenters. The second kappa shape index (κ2) is 5.19. The van der Waals surface area contributed by atoms with Gasteiger partial charge in [-0.15, -0.1) is 5.10 Å². The van der Waals surface area contributed by atoms with Crippen molar-refractivity contribution in [3.05, 3.63) is 17.3 Å². The fraction of sp³-hybridized carbons (Fsp3) is 0.733. The van der Waals surface area contributed by atoms with Crippen molar-refractivity contribution in [3.8, 4) is 0 Å². The molecule has 0 saturated carbocycles. The number of hydrogen-bond donors (Lipinski definition) is 1. The van der Waals surface area contributed by atoms with Crippen LogP contribution < -0.4 is 4.90 Å². The lowest BCUT2D eigenvalue weighted by Gasteiger charge is -2.46. The zero-order valence-electron chi connectivity index (χ0n) is 12.4. The molecular formula is C15H22N4O2. The van der Waals surface area contributed by atoms with Crippen molar-refractivity contribution in [1.82, 2.24) is 15.1 Å². The summed E-state index contributed by atoms with van der Waals surface area (Å²) in [6.07, 6.45) is 3.07. The summed E-state index contributed by atoms with van der Waals surface area (Å²) in [5, 5.41) is 18.6. The Balaban J connectivity index is 1.38. The number of nitrogens with zero attached hydrogens (tertiary/aromatic N) is 4. The predicted molar refractivity (Wildman–Crippen MR) is 78.4 cm³/mol. The van der Waals surface area contributed by atoms with Crippen LogP contribution in [0.1, 0.15) is 17.7 Å². The molecule has 4 rings (SSSR count). The Morgan fingerprint density at radius 3 is 2.90 bits per heavy atom. The normalized spacial score (nSPS) is 29.0. The highest BCUT2D eigenvalue weighted by atomic mass is 16.5. The Hall–Kier alpha value is -1.24. The number of fused-ring (bicyclic) bond motifs is 1. The predicted octanol–water partition coefficient (Wildman–Crippen LogP) is -0.155. The van der Waals surface area contributed by atoms with Crippen molar-refractivity contribution in [2.45, 2.75) is 37.5 Å². The minimum Gasteiger partial charge on any atom is -0.389 e. The van der Waals surface area contributed by atoms with Gasteiger partial charge < -0.3 is 14.7 Å². The molecule has 3 aliphatic rings. The van der Waals surface area contributed by atoms with Crippen LogP contribution in [0.25, 0.3) is 0 Å². The van der Waals surface area contributed by atoms with Crippen molar-refractivity contribution < 1.29 is 9.84 Å². The maximum atomic E-state index is 9.91. The summed E-state index contributed by atoms with van der Waals surface area (Å²) in [6.45, 7) is 2.99. The molecule has 2 aliphatic heterocycles. The summed E-state index contributed by atoms with van der Waals surface area (Å²) in [5.41, 5.74) is 2.55. The molecule has 0 radical (unpaired) electrons. The number of aromatic nitrogens is 2. The number of likely N-dealkylation sites (N-methyl/N-ethyl adjacent to an activating group) is 1. The van der Waals surface area contributed by atoms with Crippen LogP contribution in [0.15, 0.2) is 6.07 Å². The first-order valence-electron chi connectivity index (χ1n) is 7.80. The van der Waals surface area contributed by atoms with Gasteiger partial charge in [0, 0.05) is 19.1 Å². The van der Waals surface area contributed by atoms with E-state index in [4.69, 9.17) is 4.74 Å². The quantitative estimate of drug-likeness (QED) is 0.835. The first-order valence-corrected chi connectivity index (χ1v) is 7.80. The van der Waals surface area contributed by atoms with Gasteiger partial charge >= 0.3 is 0 Å². The van der Waals surface area contributed by atoms with E-state index in [-0.39, 0.29) is 12.1 Å². The van der Waals surface area contributed by atoms with Gasteiger partial charge in [-0.05, 0) is 37.9 Å². The molecule has 1 N–H and O–H groups in total. The van der Waals surface area contributed by atoms with Crippen LogP contribution in [0.3, 0.4) is 0 Å². The number of ether oxygens (including phenoxy) is 1. The summed E-state index contributed by atoms with van der Waals surface area (Å²) in [4.78, 5) is 4.53. The molecule has 114 valence electrons. The molecule has 1 aromatic rings. The molecule has 2 saturated heterocycles. The fourth-order valence-electron chi connectivity index (χ4n) is 3.56. The van der Waals surface area contributed by atoms with E-state index in [0.717, 1.165) is 31.7 Å². The molecule has 1 aliphatic carbocycles. The summed E-state index contributed by atoms with van der Waals surface area (Å²) in [7, 11) is 2.08. The topological polar surface area (TPSA) is 61.7 Å². The van der Waals surface area contributed by atoms with Crippen molar-refractivity contribution in [3.63, 3.8) is 0 Å². The van der Waals surface area contributed by atoms with E-state index >= 15 is 0 Å². The molecule has 0 amide bonds. The van der Waals surface area contributed by atoms with Crippen LogP contribution >= 0.6 is 0 Å². The lowest BCUT2D eigenvalue weighted by Crippen LogP contribution is -2.62. The number of aryl methyl sites for hydroxylation is 2. The second-order valence-corrected chi connectivity index (χ2v) is 6.42. The number of hydrogen-bond acceptors (Lipinski definition) is 6. The van der Waals surface area contributed by atoms with Crippen LogP contribution in [0.4, 0.5) is 5.82 Å². The van der Waals surface area contributed by atoms with E-state index < -0.39 is 0 Å². The zero-order chi connectivity index (χ0) is 14.4. The Morgan fingerprint density at radius 2 is 2.14 bits per heavy atom. The van der Waals surface area contributed by atoms with Gasteiger partial charge in [0.05, 0.1) is 31.1 Å². The van der Waals surface area contributed by atoms with Gasteiger partial charge in [-0.25, -0.2) is 0 Å². The first-order chi connectivity index (χ1) is 10.2. The zero-order valence-corrected chi connectivity index (χ0v) is 12.4. The van der Waals surface area contributed by atoms with Crippen LogP contribution in [0.2, 0.25) is 0 Å². The summed E-state index contributed by atoms with van der Waals surface area (Å²) in [6, 6.07) is 2.80. The van der Waals surface area contributed by atoms with Gasteiger partial charge in [0.1, 0.15) is 0 Å². The molecule has 3 heterocycles. The average Bonchev–Trinajstić information content (AvgIpc) is 3.04. The van der Waals surface area contributed by atoms with Crippen molar-refractivity contribution in [2.24, 2.45) is 0 Å². The number of aliphatic hydroxyl groups is 1. The molecule has 6 nitrogen and oxygen atoms in total. The largest absolute Gasteiger partial charge is 0.389 e. The minimum atomic E-state index is -0.358. The molecule has 1 aromatic heterocycles. The summed E-state index contributed by atoms with van der Waals surface area (Å²) in [5.74, 6) is 1.00. The monoisotopic (exact) mass is 290 g/mol. The Kier molecular flexibility index (Phi) is 3.32. The van der Waals surface area contributed by atoms with E-state index in [2.05, 4.69) is 33.1 Å². The Morgan fingerprint density at radius 1 is 1.29 bits per heavy atom. The van der Waals surface area contributed by atoms with Crippen LogP contribution in [0, 0.1) is 0 Å². The summed E-state index contributed by atoms with van der Waals surface area (Å²) < 4.78 is 5.34. The van der Waals surface area contributed by atoms with Gasteiger partial charge in [-0.2, -0.15) is 5.10 Å². The molecule has 21 heavy (non-hydrogen) atoms. The molecule has 2 fully saturated rings. The van der Waals surface area contributed by atoms with Gasteiger partial charge in [0.2, 0.25) is 0 Å². The third-order valence-corrected chi connectivity index (χ3v) is 5.11. The lowest BCUT2D eigenvalue weighted by atomic mass is 10.0. The third-order valence-electron chi connectivity index (χ3n) is 5.11. The standard InChI is InChI=1S/C15H22N4O2/c1-18(13-8-21-9-14(13)20)11-6-19(7-11)15-5-10-3-2-4-12(10)16-17-15/h5,11,13-14,20H,2-4,6-9H2,1H3. The van der Waals surface area contributed by atoms with Crippen molar-refractivity contribution in [2.75, 3.05) is 38.3 Å². The van der Waals surface area contributed by atoms with E-state index in [1.54, 1.807) is 0 Å². The fourth-order valence-corrected chi connectivity index (χ4v) is 3.56. The number of rotatable bonds is 3. The van der Waals surface area contributed by atoms with Gasteiger partial charge in [0.15, 0.2) is 5.82 Å². The van der Waals surface area contributed by atoms with E-state index in [1.807, 2.05) is 0 Å². The lowest BCUT2D eigenvalue weighted by molar-refractivity contribution is 0.0635. The van der Waals surface area contributed by atoms with Gasteiger partial charge in [0.25, 0.3) is 0 Å². The summed E-state index contributed by atoms with van der Waals surface area (Å²) >= 11 is 0. The van der Waals surface area contributed by atoms with E-state index in [1.165, 1.54) is 17.7 Å². The van der Waals surface area contributed by atoms with Crippen molar-refractivity contribution >= 4 is 5.82 Å². The smallest absolute Gasteiger partial charge is 0.151 e. The Labute approximate surface area is 124 Å². The molecule has 6 heteroatoms. The highest BCUT2D eigenvalue weighted by Crippen LogP contribution is 2.27. The van der Waals surface area contributed by atoms with Gasteiger partial charge in [-0.1, -0.05) is 0 Å². The SMILES string of the molecule is CN(C1CN(c2cc3c(nn2)CCC3)C1)C1COCC1O. The Bertz CT molecular complexity index is 532. The molecular weight excluding hydrogens is 268 g/mol. The second-order valence-electron chi connectivity index (χ2n) is 6.42. The van der Waals surface area contributed by atoms with E-state index in [9.17, 15) is 5.11 Å². The number of anilines is 1. The maximum Gasteiger partial charge on any atom is 0.151 e. The molecule has 2 unspecified atom stereocenters. The third kappa shape index (κ3) is 2.31. The highest BCUT2D eigenvalue weighted by Gasteiger charge is 2.39. The minimum absolute atomic E-state index is 0.128. The molecule has 0 aromatic carbocycles. The van der Waals surface area contributed by atoms with Crippen LogP contribution in [-0.4, -0.2) is 71.7 Å². The van der Waals surface area contributed by atoms with Crippen LogP contribution in [-0.2, 0) is 17.6 Å². The number of aliphatic hydroxyl groups excluding tert-OH is 1. The highest BCUT2D eigenvalue weighted by molar-refractivity contribution is 5.45. The van der Waals surface area contributed by atoms with Crippen LogP contribution in [0.5, 0.6) is 0 Å².